The molecule has 1 aromatic heterocycles. The van der Waals surface area contributed by atoms with Crippen molar-refractivity contribution in [1.29, 1.82) is 0 Å². The molecule has 0 saturated heterocycles. The van der Waals surface area contributed by atoms with Gasteiger partial charge in [-0.2, -0.15) is 5.10 Å². The zero-order valence-electron chi connectivity index (χ0n) is 9.64. The van der Waals surface area contributed by atoms with Gasteiger partial charge >= 0.3 is 0 Å². The molecule has 0 unspecified atom stereocenters. The summed E-state index contributed by atoms with van der Waals surface area (Å²) < 4.78 is 0. The van der Waals surface area contributed by atoms with Crippen molar-refractivity contribution >= 4 is 5.69 Å². The van der Waals surface area contributed by atoms with E-state index >= 15 is 0 Å². The Morgan fingerprint density at radius 3 is 2.78 bits per heavy atom. The molecule has 6 heteroatoms. The maximum Gasteiger partial charge on any atom is 0.269 e. The number of hydrogen-bond acceptors (Lipinski definition) is 4. The van der Waals surface area contributed by atoms with Crippen LogP contribution in [0.5, 0.6) is 0 Å². The van der Waals surface area contributed by atoms with Crippen LogP contribution < -0.4 is 5.32 Å². The van der Waals surface area contributed by atoms with Crippen LogP contribution in [0.2, 0.25) is 0 Å². The fraction of sp³-hybridized carbons (Fsp3) is 0.250. The van der Waals surface area contributed by atoms with E-state index in [1.807, 2.05) is 0 Å². The molecular formula is C12H12N4O2. The van der Waals surface area contributed by atoms with Crippen molar-refractivity contribution in [3.8, 4) is 11.3 Å². The minimum absolute atomic E-state index is 0.0984. The van der Waals surface area contributed by atoms with Crippen LogP contribution in [0.15, 0.2) is 24.3 Å². The van der Waals surface area contributed by atoms with E-state index in [2.05, 4.69) is 15.5 Å². The number of nitrogens with one attached hydrogen (secondary N) is 2. The molecule has 92 valence electrons. The maximum atomic E-state index is 10.6. The van der Waals surface area contributed by atoms with Crippen LogP contribution in [0.25, 0.3) is 11.3 Å². The number of nitrogens with zero attached hydrogens (tertiary/aromatic N) is 2. The average Bonchev–Trinajstić information content (AvgIpc) is 2.82. The van der Waals surface area contributed by atoms with Crippen LogP contribution in [0, 0.1) is 10.1 Å². The molecule has 18 heavy (non-hydrogen) atoms. The molecule has 6 nitrogen and oxygen atoms in total. The summed E-state index contributed by atoms with van der Waals surface area (Å²) in [6.07, 6.45) is 0.940. The number of non-ortho nitro benzene ring substituents is 1. The highest BCUT2D eigenvalue weighted by Gasteiger charge is 2.18. The van der Waals surface area contributed by atoms with Crippen molar-refractivity contribution in [3.05, 3.63) is 45.6 Å². The Labute approximate surface area is 103 Å². The van der Waals surface area contributed by atoms with Gasteiger partial charge in [-0.15, -0.1) is 0 Å². The van der Waals surface area contributed by atoms with Gasteiger partial charge in [0.15, 0.2) is 0 Å². The van der Waals surface area contributed by atoms with Crippen molar-refractivity contribution in [2.75, 3.05) is 6.54 Å². The summed E-state index contributed by atoms with van der Waals surface area (Å²) in [7, 11) is 0. The predicted octanol–water partition coefficient (Wildman–Crippen LogP) is 1.63. The topological polar surface area (TPSA) is 83.8 Å². The SMILES string of the molecule is O=[N+]([O-])c1ccc(-c2n[nH]c3c2CNCC3)cc1. The second kappa shape index (κ2) is 4.23. The van der Waals surface area contributed by atoms with Gasteiger partial charge in [0.2, 0.25) is 0 Å². The van der Waals surface area contributed by atoms with Crippen LogP contribution >= 0.6 is 0 Å². The number of fused-ring (bicyclic) bond motifs is 1. The fourth-order valence-corrected chi connectivity index (χ4v) is 2.21. The van der Waals surface area contributed by atoms with E-state index < -0.39 is 4.92 Å². The highest BCUT2D eigenvalue weighted by atomic mass is 16.6. The van der Waals surface area contributed by atoms with Crippen molar-refractivity contribution < 1.29 is 4.92 Å². The van der Waals surface area contributed by atoms with Crippen molar-refractivity contribution in [2.24, 2.45) is 0 Å². The Balaban J connectivity index is 1.99. The van der Waals surface area contributed by atoms with E-state index in [0.717, 1.165) is 42.0 Å². The molecule has 1 aromatic carbocycles. The Morgan fingerprint density at radius 1 is 1.28 bits per heavy atom. The fourth-order valence-electron chi connectivity index (χ4n) is 2.21. The molecule has 0 fully saturated rings. The monoisotopic (exact) mass is 244 g/mol. The number of benzene rings is 1. The summed E-state index contributed by atoms with van der Waals surface area (Å²) in [5, 5.41) is 21.2. The molecule has 0 aliphatic carbocycles. The lowest BCUT2D eigenvalue weighted by Gasteiger charge is -2.12. The lowest BCUT2D eigenvalue weighted by Crippen LogP contribution is -2.23. The summed E-state index contributed by atoms with van der Waals surface area (Å²) >= 11 is 0. The van der Waals surface area contributed by atoms with E-state index in [4.69, 9.17) is 0 Å². The van der Waals surface area contributed by atoms with Gasteiger partial charge in [-0.1, -0.05) is 0 Å². The van der Waals surface area contributed by atoms with Gasteiger partial charge < -0.3 is 5.32 Å². The lowest BCUT2D eigenvalue weighted by molar-refractivity contribution is -0.384. The van der Waals surface area contributed by atoms with E-state index in [-0.39, 0.29) is 5.69 Å². The molecule has 0 spiro atoms. The third-order valence-electron chi connectivity index (χ3n) is 3.16. The molecular weight excluding hydrogens is 232 g/mol. The standard InChI is InChI=1S/C12H12N4O2/c17-16(18)9-3-1-8(2-4-9)12-10-7-13-6-5-11(10)14-15-12/h1-4,13H,5-7H2,(H,14,15). The van der Waals surface area contributed by atoms with Crippen molar-refractivity contribution in [2.45, 2.75) is 13.0 Å². The van der Waals surface area contributed by atoms with Gasteiger partial charge in [-0.25, -0.2) is 0 Å². The Morgan fingerprint density at radius 2 is 2.06 bits per heavy atom. The van der Waals surface area contributed by atoms with Gasteiger partial charge in [0.1, 0.15) is 0 Å². The van der Waals surface area contributed by atoms with Crippen LogP contribution in [0.4, 0.5) is 5.69 Å². The molecule has 0 bridgehead atoms. The van der Waals surface area contributed by atoms with E-state index in [9.17, 15) is 10.1 Å². The zero-order chi connectivity index (χ0) is 12.5. The summed E-state index contributed by atoms with van der Waals surface area (Å²) in [6, 6.07) is 6.49. The van der Waals surface area contributed by atoms with Gasteiger partial charge in [0.05, 0.1) is 10.6 Å². The molecule has 1 aliphatic heterocycles. The van der Waals surface area contributed by atoms with Crippen LogP contribution in [0.3, 0.4) is 0 Å². The van der Waals surface area contributed by atoms with E-state index in [1.54, 1.807) is 12.1 Å². The normalized spacial score (nSPS) is 14.2. The first-order valence-corrected chi connectivity index (χ1v) is 5.77. The number of hydrogen-bond donors (Lipinski definition) is 2. The number of aromatic nitrogens is 2. The smallest absolute Gasteiger partial charge is 0.269 e. The number of nitro groups is 1. The molecule has 0 atom stereocenters. The van der Waals surface area contributed by atoms with E-state index in [0.29, 0.717) is 0 Å². The number of H-pyrrole nitrogens is 1. The Hall–Kier alpha value is -2.21. The molecule has 0 saturated carbocycles. The van der Waals surface area contributed by atoms with Crippen LogP contribution in [-0.2, 0) is 13.0 Å². The molecule has 2 N–H and O–H groups in total. The van der Waals surface area contributed by atoms with Gasteiger partial charge in [0.25, 0.3) is 5.69 Å². The molecule has 3 rings (SSSR count). The summed E-state index contributed by atoms with van der Waals surface area (Å²) in [6.45, 7) is 1.74. The first-order chi connectivity index (χ1) is 8.75. The number of nitro benzene ring substituents is 1. The number of rotatable bonds is 2. The molecule has 0 radical (unpaired) electrons. The van der Waals surface area contributed by atoms with Crippen molar-refractivity contribution in [1.82, 2.24) is 15.5 Å². The first kappa shape index (κ1) is 10.9. The third kappa shape index (κ3) is 1.76. The van der Waals surface area contributed by atoms with Gasteiger partial charge in [-0.3, -0.25) is 15.2 Å². The Bertz CT molecular complexity index is 589. The summed E-state index contributed by atoms with van der Waals surface area (Å²) in [5.41, 5.74) is 4.20. The van der Waals surface area contributed by atoms with E-state index in [1.165, 1.54) is 12.1 Å². The Kier molecular flexibility index (Phi) is 2.56. The number of aromatic amines is 1. The maximum absolute atomic E-state index is 10.6. The third-order valence-corrected chi connectivity index (χ3v) is 3.16. The van der Waals surface area contributed by atoms with Gasteiger partial charge in [0, 0.05) is 48.5 Å². The van der Waals surface area contributed by atoms with Crippen molar-refractivity contribution in [3.63, 3.8) is 0 Å². The van der Waals surface area contributed by atoms with Crippen LogP contribution in [0.1, 0.15) is 11.3 Å². The predicted molar refractivity (Wildman–Crippen MR) is 66.1 cm³/mol. The molecule has 1 aliphatic rings. The zero-order valence-corrected chi connectivity index (χ0v) is 9.64. The lowest BCUT2D eigenvalue weighted by atomic mass is 10.0. The second-order valence-corrected chi connectivity index (χ2v) is 4.26. The minimum Gasteiger partial charge on any atom is -0.312 e. The minimum atomic E-state index is -0.397. The first-order valence-electron chi connectivity index (χ1n) is 5.77. The van der Waals surface area contributed by atoms with Gasteiger partial charge in [-0.05, 0) is 12.1 Å². The van der Waals surface area contributed by atoms with Crippen LogP contribution in [-0.4, -0.2) is 21.7 Å². The second-order valence-electron chi connectivity index (χ2n) is 4.26. The average molecular weight is 244 g/mol. The summed E-state index contributed by atoms with van der Waals surface area (Å²) in [4.78, 5) is 10.2. The highest BCUT2D eigenvalue weighted by molar-refractivity contribution is 5.65. The quantitative estimate of drug-likeness (QED) is 0.621. The molecule has 0 amide bonds. The summed E-state index contributed by atoms with van der Waals surface area (Å²) in [5.74, 6) is 0. The molecule has 2 heterocycles. The molecule has 2 aromatic rings. The highest BCUT2D eigenvalue weighted by Crippen LogP contribution is 2.27. The largest absolute Gasteiger partial charge is 0.312 e.